The Kier molecular flexibility index (Phi) is 4.95. The molecule has 0 fully saturated rings. The third kappa shape index (κ3) is 4.07. The van der Waals surface area contributed by atoms with Gasteiger partial charge in [0.25, 0.3) is 0 Å². The number of anilines is 1. The van der Waals surface area contributed by atoms with Gasteiger partial charge in [-0.2, -0.15) is 5.10 Å². The zero-order valence-corrected chi connectivity index (χ0v) is 12.3. The summed E-state index contributed by atoms with van der Waals surface area (Å²) in [6.07, 6.45) is 2.67. The van der Waals surface area contributed by atoms with Crippen molar-refractivity contribution in [3.8, 4) is 0 Å². The number of nitrogens with zero attached hydrogens (tertiary/aromatic N) is 1. The van der Waals surface area contributed by atoms with Crippen molar-refractivity contribution in [2.45, 2.75) is 13.3 Å². The molecule has 21 heavy (non-hydrogen) atoms. The molecular weight excluding hydrogens is 288 g/mol. The van der Waals surface area contributed by atoms with Gasteiger partial charge in [0.2, 0.25) is 0 Å². The van der Waals surface area contributed by atoms with Gasteiger partial charge in [0.15, 0.2) is 0 Å². The van der Waals surface area contributed by atoms with Crippen LogP contribution in [0.3, 0.4) is 0 Å². The lowest BCUT2D eigenvalue weighted by atomic mass is 10.1. The van der Waals surface area contributed by atoms with Gasteiger partial charge in [0.05, 0.1) is 22.5 Å². The van der Waals surface area contributed by atoms with Crippen LogP contribution in [0, 0.1) is 0 Å². The van der Waals surface area contributed by atoms with Crippen LogP contribution in [0.25, 0.3) is 0 Å². The van der Waals surface area contributed by atoms with Gasteiger partial charge in [-0.15, -0.1) is 0 Å². The van der Waals surface area contributed by atoms with E-state index in [1.165, 1.54) is 17.7 Å². The van der Waals surface area contributed by atoms with Gasteiger partial charge in [0.1, 0.15) is 0 Å². The molecule has 0 amide bonds. The predicted octanol–water partition coefficient (Wildman–Crippen LogP) is 4.05. The molecule has 4 nitrogen and oxygen atoms in total. The minimum absolute atomic E-state index is 0.0455. The molecule has 0 aliphatic rings. The van der Waals surface area contributed by atoms with Crippen LogP contribution in [0.1, 0.15) is 28.4 Å². The number of hydrogen-bond donors (Lipinski definition) is 2. The summed E-state index contributed by atoms with van der Waals surface area (Å²) in [5.74, 6) is -1.07. The summed E-state index contributed by atoms with van der Waals surface area (Å²) in [4.78, 5) is 11.0. The fourth-order valence-electron chi connectivity index (χ4n) is 1.78. The first kappa shape index (κ1) is 15.1. The molecule has 0 bridgehead atoms. The molecule has 0 aliphatic carbocycles. The van der Waals surface area contributed by atoms with E-state index in [1.807, 2.05) is 24.3 Å². The average molecular weight is 303 g/mol. The lowest BCUT2D eigenvalue weighted by molar-refractivity contribution is 0.0697. The maximum absolute atomic E-state index is 11.0. The summed E-state index contributed by atoms with van der Waals surface area (Å²) in [6.45, 7) is 2.10. The lowest BCUT2D eigenvalue weighted by Gasteiger charge is -2.03. The number of carboxylic acid groups (broad SMARTS) is 1. The predicted molar refractivity (Wildman–Crippen MR) is 85.4 cm³/mol. The third-order valence-electron chi connectivity index (χ3n) is 2.99. The minimum atomic E-state index is -1.07. The van der Waals surface area contributed by atoms with Gasteiger partial charge < -0.3 is 5.11 Å². The first-order valence-electron chi connectivity index (χ1n) is 6.51. The maximum atomic E-state index is 11.0. The second-order valence-corrected chi connectivity index (χ2v) is 4.87. The number of aromatic carboxylic acids is 1. The van der Waals surface area contributed by atoms with E-state index in [2.05, 4.69) is 17.5 Å². The molecule has 0 aromatic heterocycles. The first-order chi connectivity index (χ1) is 10.1. The van der Waals surface area contributed by atoms with Crippen molar-refractivity contribution in [2.24, 2.45) is 5.10 Å². The van der Waals surface area contributed by atoms with E-state index < -0.39 is 5.97 Å². The van der Waals surface area contributed by atoms with Crippen LogP contribution >= 0.6 is 11.6 Å². The lowest BCUT2D eigenvalue weighted by Crippen LogP contribution is -1.99. The normalized spacial score (nSPS) is 10.8. The Morgan fingerprint density at radius 1 is 1.29 bits per heavy atom. The SMILES string of the molecule is CCc1ccc(/C=N\Nc2ccc(Cl)c(C(=O)O)c2)cc1. The van der Waals surface area contributed by atoms with Crippen molar-refractivity contribution >= 4 is 29.5 Å². The summed E-state index contributed by atoms with van der Waals surface area (Å²) in [5.41, 5.74) is 5.64. The molecular formula is C16H15ClN2O2. The number of carboxylic acids is 1. The smallest absolute Gasteiger partial charge is 0.337 e. The highest BCUT2D eigenvalue weighted by atomic mass is 35.5. The Balaban J connectivity index is 2.06. The third-order valence-corrected chi connectivity index (χ3v) is 3.32. The highest BCUT2D eigenvalue weighted by molar-refractivity contribution is 6.33. The highest BCUT2D eigenvalue weighted by Gasteiger charge is 2.08. The molecule has 0 spiro atoms. The van der Waals surface area contributed by atoms with Crippen LogP contribution in [-0.4, -0.2) is 17.3 Å². The van der Waals surface area contributed by atoms with Gasteiger partial charge in [-0.05, 0) is 35.7 Å². The Morgan fingerprint density at radius 3 is 2.62 bits per heavy atom. The van der Waals surface area contributed by atoms with Crippen molar-refractivity contribution in [3.05, 3.63) is 64.2 Å². The molecule has 0 unspecified atom stereocenters. The van der Waals surface area contributed by atoms with E-state index in [9.17, 15) is 4.79 Å². The molecule has 2 N–H and O–H groups in total. The Labute approximate surface area is 128 Å². The molecule has 0 saturated heterocycles. The van der Waals surface area contributed by atoms with Crippen LogP contribution in [0.15, 0.2) is 47.6 Å². The van der Waals surface area contributed by atoms with Gasteiger partial charge in [-0.1, -0.05) is 42.8 Å². The molecule has 0 atom stereocenters. The van der Waals surface area contributed by atoms with E-state index in [-0.39, 0.29) is 10.6 Å². The number of aryl methyl sites for hydroxylation is 1. The fourth-order valence-corrected chi connectivity index (χ4v) is 1.98. The van der Waals surface area contributed by atoms with Gasteiger partial charge in [0, 0.05) is 0 Å². The quantitative estimate of drug-likeness (QED) is 0.647. The second kappa shape index (κ2) is 6.90. The number of hydrazone groups is 1. The summed E-state index contributed by atoms with van der Waals surface area (Å²) in [7, 11) is 0. The van der Waals surface area contributed by atoms with Crippen LogP contribution in [-0.2, 0) is 6.42 Å². The molecule has 2 aromatic carbocycles. The molecule has 5 heteroatoms. The maximum Gasteiger partial charge on any atom is 0.337 e. The summed E-state index contributed by atoms with van der Waals surface area (Å²) < 4.78 is 0. The second-order valence-electron chi connectivity index (χ2n) is 4.46. The van der Waals surface area contributed by atoms with E-state index in [4.69, 9.17) is 16.7 Å². The average Bonchev–Trinajstić information content (AvgIpc) is 2.49. The molecule has 0 saturated carbocycles. The topological polar surface area (TPSA) is 61.7 Å². The number of benzene rings is 2. The van der Waals surface area contributed by atoms with Crippen LogP contribution in [0.2, 0.25) is 5.02 Å². The zero-order chi connectivity index (χ0) is 15.2. The number of halogens is 1. The number of rotatable bonds is 5. The van der Waals surface area contributed by atoms with E-state index in [1.54, 1.807) is 12.3 Å². The number of hydrogen-bond acceptors (Lipinski definition) is 3. The van der Waals surface area contributed by atoms with Crippen molar-refractivity contribution in [1.29, 1.82) is 0 Å². The standard InChI is InChI=1S/C16H15ClN2O2/c1-2-11-3-5-12(6-4-11)10-18-19-13-7-8-15(17)14(9-13)16(20)21/h3-10,19H,2H2,1H3,(H,20,21)/b18-10-. The fraction of sp³-hybridized carbons (Fsp3) is 0.125. The van der Waals surface area contributed by atoms with E-state index in [0.29, 0.717) is 5.69 Å². The molecule has 108 valence electrons. The molecule has 0 heterocycles. The Hall–Kier alpha value is -2.33. The van der Waals surface area contributed by atoms with Crippen molar-refractivity contribution < 1.29 is 9.90 Å². The van der Waals surface area contributed by atoms with Crippen LogP contribution in [0.5, 0.6) is 0 Å². The largest absolute Gasteiger partial charge is 0.478 e. The van der Waals surface area contributed by atoms with Crippen molar-refractivity contribution in [2.75, 3.05) is 5.43 Å². The van der Waals surface area contributed by atoms with Crippen LogP contribution in [0.4, 0.5) is 5.69 Å². The van der Waals surface area contributed by atoms with Gasteiger partial charge >= 0.3 is 5.97 Å². The number of nitrogens with one attached hydrogen (secondary N) is 1. The van der Waals surface area contributed by atoms with Gasteiger partial charge in [-0.25, -0.2) is 4.79 Å². The molecule has 2 rings (SSSR count). The summed E-state index contributed by atoms with van der Waals surface area (Å²) in [6, 6.07) is 12.7. The molecule has 2 aromatic rings. The van der Waals surface area contributed by atoms with E-state index >= 15 is 0 Å². The summed E-state index contributed by atoms with van der Waals surface area (Å²) in [5, 5.41) is 13.3. The Morgan fingerprint density at radius 2 is 2.00 bits per heavy atom. The molecule has 0 radical (unpaired) electrons. The highest BCUT2D eigenvalue weighted by Crippen LogP contribution is 2.20. The summed E-state index contributed by atoms with van der Waals surface area (Å²) >= 11 is 5.80. The van der Waals surface area contributed by atoms with Crippen LogP contribution < -0.4 is 5.43 Å². The monoisotopic (exact) mass is 302 g/mol. The van der Waals surface area contributed by atoms with Gasteiger partial charge in [-0.3, -0.25) is 5.43 Å². The van der Waals surface area contributed by atoms with Crippen molar-refractivity contribution in [3.63, 3.8) is 0 Å². The van der Waals surface area contributed by atoms with Crippen molar-refractivity contribution in [1.82, 2.24) is 0 Å². The zero-order valence-electron chi connectivity index (χ0n) is 11.5. The number of carbonyl (C=O) groups is 1. The minimum Gasteiger partial charge on any atom is -0.478 e. The first-order valence-corrected chi connectivity index (χ1v) is 6.89. The van der Waals surface area contributed by atoms with E-state index in [0.717, 1.165) is 12.0 Å². The Bertz CT molecular complexity index is 666. The molecule has 0 aliphatic heterocycles.